The van der Waals surface area contributed by atoms with Crippen molar-refractivity contribution in [1.82, 2.24) is 10.3 Å². The maximum absolute atomic E-state index is 12.9. The first kappa shape index (κ1) is 13.6. The third-order valence-corrected chi connectivity index (χ3v) is 2.28. The van der Waals surface area contributed by atoms with Crippen LogP contribution in [0.4, 0.5) is 4.39 Å². The van der Waals surface area contributed by atoms with Crippen molar-refractivity contribution in [3.63, 3.8) is 0 Å². The molecule has 2 N–H and O–H groups in total. The fourth-order valence-corrected chi connectivity index (χ4v) is 1.55. The molecule has 1 aromatic heterocycles. The Balaban J connectivity index is 2.64. The fourth-order valence-electron chi connectivity index (χ4n) is 1.55. The van der Waals surface area contributed by atoms with Gasteiger partial charge in [-0.1, -0.05) is 13.8 Å². The van der Waals surface area contributed by atoms with Crippen molar-refractivity contribution in [2.24, 2.45) is 5.92 Å². The predicted molar refractivity (Wildman–Crippen MR) is 62.0 cm³/mol. The normalized spacial score (nSPS) is 12.5. The molecule has 0 radical (unpaired) electrons. The molecule has 5 heteroatoms. The maximum Gasteiger partial charge on any atom is 0.253 e. The topological polar surface area (TPSA) is 62.2 Å². The van der Waals surface area contributed by atoms with Crippen molar-refractivity contribution in [2.75, 3.05) is 6.61 Å². The smallest absolute Gasteiger partial charge is 0.253 e. The summed E-state index contributed by atoms with van der Waals surface area (Å²) in [6.07, 6.45) is 3.00. The molecule has 94 valence electrons. The Bertz CT molecular complexity index is 383. The second-order valence-electron chi connectivity index (χ2n) is 4.37. The zero-order valence-electron chi connectivity index (χ0n) is 9.98. The first-order valence-corrected chi connectivity index (χ1v) is 5.55. The van der Waals surface area contributed by atoms with Gasteiger partial charge in [-0.3, -0.25) is 9.78 Å². The number of aliphatic hydroxyl groups is 1. The number of carbonyl (C=O) groups excluding carboxylic acids is 1. The van der Waals surface area contributed by atoms with Crippen LogP contribution in [0.5, 0.6) is 0 Å². The van der Waals surface area contributed by atoms with E-state index in [0.717, 1.165) is 12.3 Å². The summed E-state index contributed by atoms with van der Waals surface area (Å²) < 4.78 is 12.9. The monoisotopic (exact) mass is 240 g/mol. The van der Waals surface area contributed by atoms with Gasteiger partial charge in [0.2, 0.25) is 0 Å². The Hall–Kier alpha value is -1.49. The molecule has 17 heavy (non-hydrogen) atoms. The van der Waals surface area contributed by atoms with Crippen molar-refractivity contribution in [2.45, 2.75) is 26.3 Å². The van der Waals surface area contributed by atoms with Gasteiger partial charge in [0.15, 0.2) is 0 Å². The number of amides is 1. The number of pyridine rings is 1. The van der Waals surface area contributed by atoms with Crippen molar-refractivity contribution in [1.29, 1.82) is 0 Å². The SMILES string of the molecule is CC(C)C[C@H](CO)NC(=O)c1cncc(F)c1. The average molecular weight is 240 g/mol. The highest BCUT2D eigenvalue weighted by Gasteiger charge is 2.14. The van der Waals surface area contributed by atoms with Crippen molar-refractivity contribution in [3.8, 4) is 0 Å². The number of carbonyl (C=O) groups is 1. The Morgan fingerprint density at radius 2 is 2.24 bits per heavy atom. The number of rotatable bonds is 5. The zero-order valence-corrected chi connectivity index (χ0v) is 9.98. The molecule has 1 heterocycles. The lowest BCUT2D eigenvalue weighted by atomic mass is 10.0. The minimum absolute atomic E-state index is 0.132. The zero-order chi connectivity index (χ0) is 12.8. The van der Waals surface area contributed by atoms with Gasteiger partial charge in [-0.2, -0.15) is 0 Å². The quantitative estimate of drug-likeness (QED) is 0.816. The Kier molecular flexibility index (Phi) is 5.03. The molecule has 0 aliphatic carbocycles. The van der Waals surface area contributed by atoms with Crippen LogP contribution in [0.15, 0.2) is 18.5 Å². The van der Waals surface area contributed by atoms with Crippen LogP contribution < -0.4 is 5.32 Å². The molecule has 0 aromatic carbocycles. The molecule has 0 unspecified atom stereocenters. The highest BCUT2D eigenvalue weighted by atomic mass is 19.1. The number of nitrogens with zero attached hydrogens (tertiary/aromatic N) is 1. The Labute approximate surface area is 99.9 Å². The third kappa shape index (κ3) is 4.48. The van der Waals surface area contributed by atoms with Gasteiger partial charge in [0.25, 0.3) is 5.91 Å². The molecule has 0 fully saturated rings. The number of aliphatic hydroxyl groups excluding tert-OH is 1. The van der Waals surface area contributed by atoms with Gasteiger partial charge in [-0.15, -0.1) is 0 Å². The number of hydrogen-bond donors (Lipinski definition) is 2. The van der Waals surface area contributed by atoms with Gasteiger partial charge >= 0.3 is 0 Å². The van der Waals surface area contributed by atoms with Crippen LogP contribution in [0, 0.1) is 11.7 Å². The average Bonchev–Trinajstić information content (AvgIpc) is 2.27. The second-order valence-corrected chi connectivity index (χ2v) is 4.37. The third-order valence-electron chi connectivity index (χ3n) is 2.28. The number of nitrogens with one attached hydrogen (secondary N) is 1. The minimum Gasteiger partial charge on any atom is -0.394 e. The molecule has 1 atom stereocenters. The van der Waals surface area contributed by atoms with Crippen LogP contribution in [0.2, 0.25) is 0 Å². The van der Waals surface area contributed by atoms with Gasteiger partial charge in [0, 0.05) is 6.20 Å². The molecule has 1 rings (SSSR count). The maximum atomic E-state index is 12.9. The van der Waals surface area contributed by atoms with E-state index >= 15 is 0 Å². The lowest BCUT2D eigenvalue weighted by molar-refractivity contribution is 0.0907. The Morgan fingerprint density at radius 1 is 1.53 bits per heavy atom. The van der Waals surface area contributed by atoms with Crippen LogP contribution in [0.3, 0.4) is 0 Å². The van der Waals surface area contributed by atoms with Crippen LogP contribution in [-0.4, -0.2) is 28.6 Å². The van der Waals surface area contributed by atoms with Crippen molar-refractivity contribution < 1.29 is 14.3 Å². The number of halogens is 1. The van der Waals surface area contributed by atoms with E-state index in [4.69, 9.17) is 5.11 Å². The van der Waals surface area contributed by atoms with Crippen LogP contribution in [-0.2, 0) is 0 Å². The van der Waals surface area contributed by atoms with Crippen LogP contribution >= 0.6 is 0 Å². The first-order chi connectivity index (χ1) is 8.02. The van der Waals surface area contributed by atoms with Crippen LogP contribution in [0.1, 0.15) is 30.6 Å². The molecule has 0 spiro atoms. The lowest BCUT2D eigenvalue weighted by Crippen LogP contribution is -2.38. The van der Waals surface area contributed by atoms with E-state index in [9.17, 15) is 9.18 Å². The van der Waals surface area contributed by atoms with Crippen molar-refractivity contribution in [3.05, 3.63) is 29.8 Å². The van der Waals surface area contributed by atoms with Gasteiger partial charge in [-0.25, -0.2) is 4.39 Å². The molecule has 4 nitrogen and oxygen atoms in total. The molecular weight excluding hydrogens is 223 g/mol. The van der Waals surface area contributed by atoms with E-state index in [1.165, 1.54) is 6.20 Å². The summed E-state index contributed by atoms with van der Waals surface area (Å²) in [6, 6.07) is 0.803. The fraction of sp³-hybridized carbons (Fsp3) is 0.500. The summed E-state index contributed by atoms with van der Waals surface area (Å²) in [5.74, 6) is -0.614. The van der Waals surface area contributed by atoms with Gasteiger partial charge in [0.1, 0.15) is 5.82 Å². The Morgan fingerprint density at radius 3 is 2.76 bits per heavy atom. The lowest BCUT2D eigenvalue weighted by Gasteiger charge is -2.18. The summed E-state index contributed by atoms with van der Waals surface area (Å²) >= 11 is 0. The highest BCUT2D eigenvalue weighted by molar-refractivity contribution is 5.94. The number of aromatic nitrogens is 1. The molecule has 0 aliphatic rings. The van der Waals surface area contributed by atoms with Gasteiger partial charge in [-0.05, 0) is 18.4 Å². The molecule has 0 aliphatic heterocycles. The molecule has 0 saturated heterocycles. The van der Waals surface area contributed by atoms with Gasteiger partial charge < -0.3 is 10.4 Å². The van der Waals surface area contributed by atoms with Crippen LogP contribution in [0.25, 0.3) is 0 Å². The summed E-state index contributed by atoms with van der Waals surface area (Å²) in [4.78, 5) is 15.3. The largest absolute Gasteiger partial charge is 0.394 e. The molecular formula is C12H17FN2O2. The van der Waals surface area contributed by atoms with Gasteiger partial charge in [0.05, 0.1) is 24.4 Å². The number of hydrogen-bond acceptors (Lipinski definition) is 3. The molecule has 1 amide bonds. The minimum atomic E-state index is -0.554. The molecule has 0 saturated carbocycles. The highest BCUT2D eigenvalue weighted by Crippen LogP contribution is 2.06. The van der Waals surface area contributed by atoms with E-state index in [1.54, 1.807) is 0 Å². The summed E-state index contributed by atoms with van der Waals surface area (Å²) in [7, 11) is 0. The summed E-state index contributed by atoms with van der Waals surface area (Å²) in [5, 5.41) is 11.8. The summed E-state index contributed by atoms with van der Waals surface area (Å²) in [5.41, 5.74) is 0.159. The van der Waals surface area contributed by atoms with E-state index in [2.05, 4.69) is 10.3 Å². The van der Waals surface area contributed by atoms with E-state index in [0.29, 0.717) is 12.3 Å². The molecule has 0 bridgehead atoms. The summed E-state index contributed by atoms with van der Waals surface area (Å²) in [6.45, 7) is 3.86. The molecule has 1 aromatic rings. The standard InChI is InChI=1S/C12H17FN2O2/c1-8(2)3-11(7-16)15-12(17)9-4-10(13)6-14-5-9/h4-6,8,11,16H,3,7H2,1-2H3,(H,15,17)/t11-/m1/s1. The van der Waals surface area contributed by atoms with E-state index in [-0.39, 0.29) is 18.2 Å². The van der Waals surface area contributed by atoms with Crippen molar-refractivity contribution >= 4 is 5.91 Å². The van der Waals surface area contributed by atoms with E-state index < -0.39 is 11.7 Å². The predicted octanol–water partition coefficient (Wildman–Crippen LogP) is 1.36. The second kappa shape index (κ2) is 6.30. The first-order valence-electron chi connectivity index (χ1n) is 5.55. The van der Waals surface area contributed by atoms with E-state index in [1.807, 2.05) is 13.8 Å².